The van der Waals surface area contributed by atoms with E-state index in [4.69, 9.17) is 4.99 Å². The van der Waals surface area contributed by atoms with Crippen LogP contribution in [0.4, 0.5) is 11.4 Å². The number of aromatic hydroxyl groups is 1. The summed E-state index contributed by atoms with van der Waals surface area (Å²) in [6, 6.07) is 23.2. The van der Waals surface area contributed by atoms with E-state index in [-0.39, 0.29) is 16.7 Å². The number of amides is 1. The van der Waals surface area contributed by atoms with Crippen LogP contribution in [-0.2, 0) is 15.6 Å². The minimum Gasteiger partial charge on any atom is -0.507 e. The number of phenolic OH excluding ortho intramolecular Hbond substituents is 1. The summed E-state index contributed by atoms with van der Waals surface area (Å²) < 4.78 is 0. The molecule has 1 heterocycles. The van der Waals surface area contributed by atoms with Crippen molar-refractivity contribution in [2.45, 2.75) is 52.4 Å². The lowest BCUT2D eigenvalue weighted by Crippen LogP contribution is -2.28. The third-order valence-electron chi connectivity index (χ3n) is 5.85. The number of para-hydroxylation sites is 2. The van der Waals surface area contributed by atoms with Gasteiger partial charge in [-0.15, -0.1) is 0 Å². The third-order valence-corrected chi connectivity index (χ3v) is 6.82. The molecular formula is C30H32N2O2S. The highest BCUT2D eigenvalue weighted by molar-refractivity contribution is 8.19. The van der Waals surface area contributed by atoms with Gasteiger partial charge in [0.1, 0.15) is 5.75 Å². The zero-order chi connectivity index (χ0) is 25.4. The van der Waals surface area contributed by atoms with Crippen molar-refractivity contribution < 1.29 is 9.90 Å². The molecule has 1 aliphatic heterocycles. The second-order valence-electron chi connectivity index (χ2n) is 10.8. The predicted molar refractivity (Wildman–Crippen MR) is 149 cm³/mol. The molecule has 4 rings (SSSR count). The SMILES string of the molecule is CC(C)(C)c1cc(/C=C2/SC(=Nc3ccccc3)N(c3ccccc3)C2=O)cc(C(C)(C)C)c1O. The van der Waals surface area contributed by atoms with Gasteiger partial charge < -0.3 is 5.11 Å². The molecule has 1 amide bonds. The minimum absolute atomic E-state index is 0.112. The summed E-state index contributed by atoms with van der Waals surface area (Å²) in [5.74, 6) is 0.216. The zero-order valence-corrected chi connectivity index (χ0v) is 22.0. The Kier molecular flexibility index (Phi) is 6.65. The molecule has 1 aliphatic rings. The number of anilines is 1. The second kappa shape index (κ2) is 9.38. The third kappa shape index (κ3) is 5.35. The Labute approximate surface area is 212 Å². The Hall–Kier alpha value is -3.31. The minimum atomic E-state index is -0.249. The number of benzene rings is 3. The van der Waals surface area contributed by atoms with Crippen LogP contribution in [0.2, 0.25) is 0 Å². The average molecular weight is 485 g/mol. The number of hydrogen-bond acceptors (Lipinski definition) is 4. The zero-order valence-electron chi connectivity index (χ0n) is 21.2. The summed E-state index contributed by atoms with van der Waals surface area (Å²) in [5, 5.41) is 11.7. The highest BCUT2D eigenvalue weighted by atomic mass is 32.2. The van der Waals surface area contributed by atoms with Gasteiger partial charge in [-0.05, 0) is 70.6 Å². The number of amidine groups is 1. The largest absolute Gasteiger partial charge is 0.507 e. The van der Waals surface area contributed by atoms with Gasteiger partial charge in [0.2, 0.25) is 0 Å². The Bertz CT molecular complexity index is 1260. The number of carbonyl (C=O) groups excluding carboxylic acids is 1. The van der Waals surface area contributed by atoms with Crippen molar-refractivity contribution >= 4 is 40.3 Å². The highest BCUT2D eigenvalue weighted by Gasteiger charge is 2.35. The highest BCUT2D eigenvalue weighted by Crippen LogP contribution is 2.42. The van der Waals surface area contributed by atoms with Gasteiger partial charge in [-0.3, -0.25) is 9.69 Å². The predicted octanol–water partition coefficient (Wildman–Crippen LogP) is 7.80. The van der Waals surface area contributed by atoms with E-state index in [9.17, 15) is 9.90 Å². The number of nitrogens with zero attached hydrogens (tertiary/aromatic N) is 2. The van der Waals surface area contributed by atoms with Crippen molar-refractivity contribution in [3.8, 4) is 5.75 Å². The molecule has 3 aromatic rings. The fourth-order valence-electron chi connectivity index (χ4n) is 4.00. The summed E-state index contributed by atoms with van der Waals surface area (Å²) >= 11 is 1.37. The summed E-state index contributed by atoms with van der Waals surface area (Å²) in [6.07, 6.45) is 1.92. The first-order valence-electron chi connectivity index (χ1n) is 11.8. The molecule has 180 valence electrons. The molecule has 0 radical (unpaired) electrons. The van der Waals surface area contributed by atoms with Gasteiger partial charge >= 0.3 is 0 Å². The van der Waals surface area contributed by atoms with Crippen molar-refractivity contribution in [2.24, 2.45) is 4.99 Å². The summed E-state index contributed by atoms with van der Waals surface area (Å²) in [4.78, 5) is 20.7. The van der Waals surface area contributed by atoms with E-state index in [0.29, 0.717) is 15.8 Å². The molecule has 1 fully saturated rings. The van der Waals surface area contributed by atoms with Crippen molar-refractivity contribution in [3.05, 3.63) is 94.4 Å². The quantitative estimate of drug-likeness (QED) is 0.386. The number of carbonyl (C=O) groups is 1. The van der Waals surface area contributed by atoms with E-state index in [2.05, 4.69) is 41.5 Å². The maximum Gasteiger partial charge on any atom is 0.271 e. The lowest BCUT2D eigenvalue weighted by atomic mass is 9.78. The fourth-order valence-corrected chi connectivity index (χ4v) is 5.00. The van der Waals surface area contributed by atoms with E-state index in [1.54, 1.807) is 4.90 Å². The van der Waals surface area contributed by atoms with Crippen LogP contribution in [0.5, 0.6) is 5.75 Å². The fraction of sp³-hybridized carbons (Fsp3) is 0.267. The molecule has 0 spiro atoms. The van der Waals surface area contributed by atoms with Crippen molar-refractivity contribution in [2.75, 3.05) is 4.90 Å². The Morgan fingerprint density at radius 3 is 1.86 bits per heavy atom. The number of phenols is 1. The Balaban J connectivity index is 1.84. The first kappa shape index (κ1) is 24.8. The molecule has 0 saturated carbocycles. The van der Waals surface area contributed by atoms with Gasteiger partial charge in [-0.2, -0.15) is 0 Å². The molecule has 0 unspecified atom stereocenters. The summed E-state index contributed by atoms with van der Waals surface area (Å²) in [7, 11) is 0. The van der Waals surface area contributed by atoms with E-state index in [0.717, 1.165) is 28.1 Å². The molecule has 1 saturated heterocycles. The van der Waals surface area contributed by atoms with E-state index in [1.165, 1.54) is 11.8 Å². The number of aliphatic imine (C=N–C) groups is 1. The van der Waals surface area contributed by atoms with E-state index in [1.807, 2.05) is 78.9 Å². The van der Waals surface area contributed by atoms with Crippen LogP contribution in [0.15, 0.2) is 82.7 Å². The van der Waals surface area contributed by atoms with Crippen molar-refractivity contribution in [3.63, 3.8) is 0 Å². The Morgan fingerprint density at radius 1 is 0.829 bits per heavy atom. The first-order valence-corrected chi connectivity index (χ1v) is 12.6. The van der Waals surface area contributed by atoms with Crippen LogP contribution in [-0.4, -0.2) is 16.2 Å². The van der Waals surface area contributed by atoms with Crippen LogP contribution in [0, 0.1) is 0 Å². The molecule has 0 aromatic heterocycles. The van der Waals surface area contributed by atoms with Gasteiger partial charge in [0, 0.05) is 11.1 Å². The van der Waals surface area contributed by atoms with Crippen molar-refractivity contribution in [1.82, 2.24) is 0 Å². The Morgan fingerprint density at radius 2 is 1.34 bits per heavy atom. The molecule has 3 aromatic carbocycles. The van der Waals surface area contributed by atoms with Crippen LogP contribution in [0.1, 0.15) is 58.2 Å². The lowest BCUT2D eigenvalue weighted by Gasteiger charge is -2.28. The topological polar surface area (TPSA) is 52.9 Å². The number of rotatable bonds is 3. The monoisotopic (exact) mass is 484 g/mol. The average Bonchev–Trinajstić information content (AvgIpc) is 3.09. The molecule has 0 aliphatic carbocycles. The van der Waals surface area contributed by atoms with E-state index < -0.39 is 0 Å². The number of hydrogen-bond donors (Lipinski definition) is 1. The van der Waals surface area contributed by atoms with Crippen LogP contribution in [0.25, 0.3) is 6.08 Å². The van der Waals surface area contributed by atoms with Gasteiger partial charge in [0.05, 0.1) is 16.3 Å². The maximum atomic E-state index is 13.6. The summed E-state index contributed by atoms with van der Waals surface area (Å²) in [5.41, 5.74) is 3.69. The molecule has 1 N–H and O–H groups in total. The van der Waals surface area contributed by atoms with E-state index >= 15 is 0 Å². The standard InChI is InChI=1S/C30H32N2O2S/c1-29(2,3)23-17-20(18-24(26(23)33)30(4,5)6)19-25-27(34)32(22-15-11-8-12-16-22)28(35-25)31-21-13-9-7-10-14-21/h7-19,33H,1-6H3/b25-19+,31-28?. The van der Waals surface area contributed by atoms with Crippen molar-refractivity contribution in [1.29, 1.82) is 0 Å². The second-order valence-corrected chi connectivity index (χ2v) is 11.8. The van der Waals surface area contributed by atoms with Gasteiger partial charge in [-0.1, -0.05) is 77.9 Å². The van der Waals surface area contributed by atoms with Gasteiger partial charge in [0.25, 0.3) is 5.91 Å². The van der Waals surface area contributed by atoms with Gasteiger partial charge in [0.15, 0.2) is 5.17 Å². The van der Waals surface area contributed by atoms with Crippen LogP contribution in [0.3, 0.4) is 0 Å². The molecule has 5 heteroatoms. The van der Waals surface area contributed by atoms with Crippen LogP contribution >= 0.6 is 11.8 Å². The smallest absolute Gasteiger partial charge is 0.271 e. The molecule has 35 heavy (non-hydrogen) atoms. The number of thioether (sulfide) groups is 1. The van der Waals surface area contributed by atoms with Crippen LogP contribution < -0.4 is 4.90 Å². The lowest BCUT2D eigenvalue weighted by molar-refractivity contribution is -0.113. The molecule has 0 bridgehead atoms. The normalized spacial score (nSPS) is 17.0. The van der Waals surface area contributed by atoms with Gasteiger partial charge in [-0.25, -0.2) is 4.99 Å². The summed E-state index contributed by atoms with van der Waals surface area (Å²) in [6.45, 7) is 12.5. The molecular weight excluding hydrogens is 452 g/mol. The maximum absolute atomic E-state index is 13.6. The molecule has 0 atom stereocenters. The molecule has 4 nitrogen and oxygen atoms in total. The first-order chi connectivity index (χ1) is 16.4.